The Labute approximate surface area is 255 Å². The lowest BCUT2D eigenvalue weighted by molar-refractivity contribution is -0.139. The van der Waals surface area contributed by atoms with Crippen molar-refractivity contribution in [1.29, 1.82) is 0 Å². The van der Waals surface area contributed by atoms with Gasteiger partial charge in [0.15, 0.2) is 0 Å². The molecule has 1 heterocycles. The molecule has 232 valence electrons. The number of benzene rings is 2. The molecule has 0 aliphatic carbocycles. The second-order valence-corrected chi connectivity index (χ2v) is 10.6. The Hall–Kier alpha value is -4.07. The summed E-state index contributed by atoms with van der Waals surface area (Å²) in [5.41, 5.74) is 1.02. The van der Waals surface area contributed by atoms with Crippen LogP contribution in [-0.2, 0) is 19.1 Å². The molecule has 1 fully saturated rings. The number of ether oxygens (including phenoxy) is 5. The Kier molecular flexibility index (Phi) is 14.9. The first-order valence-corrected chi connectivity index (χ1v) is 15.3. The second-order valence-electron chi connectivity index (χ2n) is 10.6. The van der Waals surface area contributed by atoms with Crippen LogP contribution in [0.15, 0.2) is 73.3 Å². The molecule has 0 aromatic heterocycles. The summed E-state index contributed by atoms with van der Waals surface area (Å²) in [6, 6.07) is 14.0. The highest BCUT2D eigenvalue weighted by atomic mass is 16.6. The molecule has 0 spiro atoms. The number of unbranched alkanes of at least 4 members (excludes halogenated alkanes) is 8. The van der Waals surface area contributed by atoms with Gasteiger partial charge in [0, 0.05) is 18.1 Å². The Morgan fingerprint density at radius 2 is 1.26 bits per heavy atom. The van der Waals surface area contributed by atoms with Crippen molar-refractivity contribution < 1.29 is 38.1 Å². The predicted molar refractivity (Wildman–Crippen MR) is 164 cm³/mol. The molecule has 2 aromatic rings. The lowest BCUT2D eigenvalue weighted by Crippen LogP contribution is -2.08. The zero-order valence-corrected chi connectivity index (χ0v) is 25.1. The molecule has 0 saturated carbocycles. The van der Waals surface area contributed by atoms with Crippen LogP contribution in [0.5, 0.6) is 17.2 Å². The topological polar surface area (TPSA) is 97.4 Å². The first-order valence-electron chi connectivity index (χ1n) is 15.3. The summed E-state index contributed by atoms with van der Waals surface area (Å²) in [7, 11) is 0. The van der Waals surface area contributed by atoms with Crippen molar-refractivity contribution in [1.82, 2.24) is 0 Å². The van der Waals surface area contributed by atoms with Gasteiger partial charge in [-0.2, -0.15) is 0 Å². The third-order valence-electron chi connectivity index (χ3n) is 7.07. The number of esters is 3. The van der Waals surface area contributed by atoms with Gasteiger partial charge < -0.3 is 23.7 Å². The van der Waals surface area contributed by atoms with Gasteiger partial charge >= 0.3 is 17.9 Å². The smallest absolute Gasteiger partial charge is 0.343 e. The minimum Gasteiger partial charge on any atom is -0.494 e. The molecule has 3 rings (SSSR count). The molecule has 1 aliphatic heterocycles. The molecule has 2 aromatic carbocycles. The number of hydrogen-bond donors (Lipinski definition) is 0. The van der Waals surface area contributed by atoms with Gasteiger partial charge in [-0.3, -0.25) is 0 Å². The van der Waals surface area contributed by atoms with Crippen LogP contribution in [0, 0.1) is 0 Å². The number of hydrogen-bond acceptors (Lipinski definition) is 8. The largest absolute Gasteiger partial charge is 0.494 e. The fourth-order valence-electron chi connectivity index (χ4n) is 4.60. The quantitative estimate of drug-likeness (QED) is 0.0634. The molecule has 0 amide bonds. The van der Waals surface area contributed by atoms with Crippen LogP contribution in [0.3, 0.4) is 0 Å². The van der Waals surface area contributed by atoms with Gasteiger partial charge in [-0.1, -0.05) is 51.7 Å². The maximum Gasteiger partial charge on any atom is 0.343 e. The van der Waals surface area contributed by atoms with Crippen molar-refractivity contribution in [2.75, 3.05) is 19.8 Å². The van der Waals surface area contributed by atoms with Gasteiger partial charge in [0.2, 0.25) is 0 Å². The van der Waals surface area contributed by atoms with Crippen molar-refractivity contribution in [2.45, 2.75) is 83.2 Å². The van der Waals surface area contributed by atoms with Crippen LogP contribution < -0.4 is 14.2 Å². The molecule has 8 heteroatoms. The number of cyclic esters (lactones) is 1. The Bertz CT molecular complexity index is 1150. The molecule has 8 nitrogen and oxygen atoms in total. The predicted octanol–water partition coefficient (Wildman–Crippen LogP) is 7.56. The van der Waals surface area contributed by atoms with E-state index in [1.54, 1.807) is 48.5 Å². The van der Waals surface area contributed by atoms with E-state index in [2.05, 4.69) is 13.2 Å². The lowest BCUT2D eigenvalue weighted by Gasteiger charge is -2.09. The number of carbonyl (C=O) groups excluding carboxylic acids is 3. The van der Waals surface area contributed by atoms with Crippen molar-refractivity contribution in [3.05, 3.63) is 78.9 Å². The molecular formula is C35H44O8. The molecule has 1 unspecified atom stereocenters. The van der Waals surface area contributed by atoms with Crippen molar-refractivity contribution >= 4 is 17.9 Å². The highest BCUT2D eigenvalue weighted by molar-refractivity contribution is 5.91. The van der Waals surface area contributed by atoms with Crippen molar-refractivity contribution in [3.63, 3.8) is 0 Å². The van der Waals surface area contributed by atoms with Crippen LogP contribution in [-0.4, -0.2) is 43.8 Å². The van der Waals surface area contributed by atoms with E-state index in [1.807, 2.05) is 0 Å². The van der Waals surface area contributed by atoms with E-state index >= 15 is 0 Å². The van der Waals surface area contributed by atoms with E-state index in [9.17, 15) is 14.4 Å². The van der Waals surface area contributed by atoms with Crippen LogP contribution in [0.4, 0.5) is 0 Å². The molecule has 1 atom stereocenters. The molecule has 1 saturated heterocycles. The molecule has 43 heavy (non-hydrogen) atoms. The van der Waals surface area contributed by atoms with Crippen LogP contribution >= 0.6 is 0 Å². The van der Waals surface area contributed by atoms with Crippen LogP contribution in [0.2, 0.25) is 0 Å². The average molecular weight is 593 g/mol. The Morgan fingerprint density at radius 1 is 0.744 bits per heavy atom. The molecule has 1 aliphatic rings. The van der Waals surface area contributed by atoms with Gasteiger partial charge in [0.25, 0.3) is 0 Å². The SMILES string of the molecule is C=CC(=O)OCCCCCCCCOc1ccc(OC(=O)c2ccc(OCCCCCCC3CC(=C)C(=O)O3)cc2)cc1. The van der Waals surface area contributed by atoms with Gasteiger partial charge in [-0.05, 0) is 80.6 Å². The maximum atomic E-state index is 12.5. The number of carbonyl (C=O) groups is 3. The van der Waals surface area contributed by atoms with Crippen molar-refractivity contribution in [2.24, 2.45) is 0 Å². The summed E-state index contributed by atoms with van der Waals surface area (Å²) in [5.74, 6) is 0.834. The minimum atomic E-state index is -0.435. The summed E-state index contributed by atoms with van der Waals surface area (Å²) in [6.45, 7) is 8.76. The summed E-state index contributed by atoms with van der Waals surface area (Å²) in [6.07, 6.45) is 12.9. The molecule has 0 bridgehead atoms. The summed E-state index contributed by atoms with van der Waals surface area (Å²) in [5, 5.41) is 0. The molecule has 0 radical (unpaired) electrons. The zero-order chi connectivity index (χ0) is 30.7. The summed E-state index contributed by atoms with van der Waals surface area (Å²) < 4.78 is 27.3. The monoisotopic (exact) mass is 592 g/mol. The highest BCUT2D eigenvalue weighted by Crippen LogP contribution is 2.23. The van der Waals surface area contributed by atoms with E-state index in [0.717, 1.165) is 76.4 Å². The highest BCUT2D eigenvalue weighted by Gasteiger charge is 2.26. The molecule has 0 N–H and O–H groups in total. The zero-order valence-electron chi connectivity index (χ0n) is 25.1. The first kappa shape index (κ1) is 33.4. The van der Waals surface area contributed by atoms with Crippen molar-refractivity contribution in [3.8, 4) is 17.2 Å². The first-order chi connectivity index (χ1) is 20.9. The number of rotatable bonds is 21. The minimum absolute atomic E-state index is 0.00703. The third kappa shape index (κ3) is 13.2. The summed E-state index contributed by atoms with van der Waals surface area (Å²) in [4.78, 5) is 34.9. The van der Waals surface area contributed by atoms with Gasteiger partial charge in [0.05, 0.1) is 25.4 Å². The fraction of sp³-hybridized carbons (Fsp3) is 0.457. The van der Waals surface area contributed by atoms with Crippen LogP contribution in [0.1, 0.15) is 87.4 Å². The van der Waals surface area contributed by atoms with Gasteiger partial charge in [0.1, 0.15) is 23.4 Å². The normalized spacial score (nSPS) is 14.2. The van der Waals surface area contributed by atoms with E-state index in [-0.39, 0.29) is 18.0 Å². The van der Waals surface area contributed by atoms with E-state index < -0.39 is 5.97 Å². The Morgan fingerprint density at radius 3 is 1.81 bits per heavy atom. The standard InChI is InChI=1S/C35H44O8/c1-3-33(36)41-25-13-8-5-4-7-11-23-40-30-19-21-31(22-20-30)42-35(38)28-15-17-29(18-16-28)39-24-12-9-6-10-14-32-26-27(2)34(37)43-32/h3,15-22,32H,1-2,4-14,23-26H2. The maximum absolute atomic E-state index is 12.5. The second kappa shape index (κ2) is 19.2. The Balaban J connectivity index is 1.21. The average Bonchev–Trinajstić information content (AvgIpc) is 3.34. The van der Waals surface area contributed by atoms with E-state index in [1.165, 1.54) is 6.08 Å². The van der Waals surface area contributed by atoms with E-state index in [0.29, 0.717) is 48.9 Å². The van der Waals surface area contributed by atoms with Gasteiger partial charge in [-0.15, -0.1) is 0 Å². The summed E-state index contributed by atoms with van der Waals surface area (Å²) >= 11 is 0. The third-order valence-corrected chi connectivity index (χ3v) is 7.07. The lowest BCUT2D eigenvalue weighted by atomic mass is 10.1. The van der Waals surface area contributed by atoms with Crippen LogP contribution in [0.25, 0.3) is 0 Å². The van der Waals surface area contributed by atoms with E-state index in [4.69, 9.17) is 23.7 Å². The fourth-order valence-corrected chi connectivity index (χ4v) is 4.60. The van der Waals surface area contributed by atoms with Gasteiger partial charge in [-0.25, -0.2) is 14.4 Å². The molecular weight excluding hydrogens is 548 g/mol.